The van der Waals surface area contributed by atoms with Gasteiger partial charge in [-0.1, -0.05) is 32.9 Å². The zero-order chi connectivity index (χ0) is 15.0. The second kappa shape index (κ2) is 5.41. The highest BCUT2D eigenvalue weighted by Gasteiger charge is 2.38. The van der Waals surface area contributed by atoms with E-state index in [4.69, 9.17) is 9.16 Å². The SMILES string of the molecule is Cc1cccc2c1NCC(CO[Si](C)(C)C(C)(C)C)O2. The third-order valence-electron chi connectivity index (χ3n) is 4.47. The van der Waals surface area contributed by atoms with E-state index in [0.29, 0.717) is 6.61 Å². The first kappa shape index (κ1) is 15.4. The maximum absolute atomic E-state index is 6.25. The normalized spacial score (nSPS) is 19.0. The number of rotatable bonds is 3. The first-order valence-corrected chi connectivity index (χ1v) is 10.3. The number of hydrogen-bond acceptors (Lipinski definition) is 3. The molecule has 20 heavy (non-hydrogen) atoms. The van der Waals surface area contributed by atoms with E-state index < -0.39 is 8.32 Å². The fourth-order valence-corrected chi connectivity index (χ4v) is 3.05. The molecular weight excluding hydrogens is 266 g/mol. The number of benzene rings is 1. The van der Waals surface area contributed by atoms with Gasteiger partial charge in [0.25, 0.3) is 0 Å². The van der Waals surface area contributed by atoms with Crippen LogP contribution in [0.25, 0.3) is 0 Å². The average molecular weight is 293 g/mol. The fourth-order valence-electron chi connectivity index (χ4n) is 2.01. The Balaban J connectivity index is 1.98. The summed E-state index contributed by atoms with van der Waals surface area (Å²) in [6.45, 7) is 14.9. The Hall–Kier alpha value is -1.00. The lowest BCUT2D eigenvalue weighted by Crippen LogP contribution is -2.45. The Kier molecular flexibility index (Phi) is 4.16. The van der Waals surface area contributed by atoms with Crippen LogP contribution >= 0.6 is 0 Å². The predicted molar refractivity (Wildman–Crippen MR) is 87.2 cm³/mol. The number of hydrogen-bond donors (Lipinski definition) is 1. The molecule has 0 saturated heterocycles. The summed E-state index contributed by atoms with van der Waals surface area (Å²) < 4.78 is 12.3. The minimum atomic E-state index is -1.70. The van der Waals surface area contributed by atoms with Crippen molar-refractivity contribution in [1.82, 2.24) is 0 Å². The van der Waals surface area contributed by atoms with Crippen LogP contribution in [0, 0.1) is 6.92 Å². The molecule has 1 unspecified atom stereocenters. The van der Waals surface area contributed by atoms with Crippen molar-refractivity contribution in [3.05, 3.63) is 23.8 Å². The summed E-state index contributed by atoms with van der Waals surface area (Å²) in [6, 6.07) is 6.16. The minimum absolute atomic E-state index is 0.0958. The van der Waals surface area contributed by atoms with Crippen molar-refractivity contribution in [3.8, 4) is 5.75 Å². The third-order valence-corrected chi connectivity index (χ3v) is 8.97. The van der Waals surface area contributed by atoms with Crippen molar-refractivity contribution in [2.24, 2.45) is 0 Å². The maximum Gasteiger partial charge on any atom is 0.192 e. The van der Waals surface area contributed by atoms with Gasteiger partial charge in [0, 0.05) is 0 Å². The summed E-state index contributed by atoms with van der Waals surface area (Å²) in [7, 11) is -1.70. The van der Waals surface area contributed by atoms with Gasteiger partial charge in [0.05, 0.1) is 18.8 Å². The molecule has 0 radical (unpaired) electrons. The standard InChI is InChI=1S/C16H27NO2Si/c1-12-8-7-9-14-15(12)17-10-13(19-14)11-18-20(5,6)16(2,3)4/h7-9,13,17H,10-11H2,1-6H3. The molecule has 0 spiro atoms. The second-order valence-electron chi connectivity index (χ2n) is 7.14. The van der Waals surface area contributed by atoms with E-state index in [1.165, 1.54) is 5.56 Å². The molecule has 2 rings (SSSR count). The molecule has 1 aromatic rings. The summed E-state index contributed by atoms with van der Waals surface area (Å²) in [5.74, 6) is 0.945. The van der Waals surface area contributed by atoms with Gasteiger partial charge in [-0.05, 0) is 36.7 Å². The molecule has 112 valence electrons. The molecular formula is C16H27NO2Si. The highest BCUT2D eigenvalue weighted by Crippen LogP contribution is 2.37. The number of fused-ring (bicyclic) bond motifs is 1. The zero-order valence-electron chi connectivity index (χ0n) is 13.5. The summed E-state index contributed by atoms with van der Waals surface area (Å²) in [5, 5.41) is 3.71. The van der Waals surface area contributed by atoms with E-state index in [-0.39, 0.29) is 11.1 Å². The van der Waals surface area contributed by atoms with Crippen LogP contribution in [-0.2, 0) is 4.43 Å². The topological polar surface area (TPSA) is 30.5 Å². The molecule has 1 aromatic carbocycles. The van der Waals surface area contributed by atoms with Gasteiger partial charge in [-0.25, -0.2) is 0 Å². The molecule has 1 aliphatic rings. The third kappa shape index (κ3) is 3.18. The van der Waals surface area contributed by atoms with E-state index in [9.17, 15) is 0 Å². The van der Waals surface area contributed by atoms with Gasteiger partial charge in [0.15, 0.2) is 8.32 Å². The zero-order valence-corrected chi connectivity index (χ0v) is 14.5. The molecule has 0 amide bonds. The minimum Gasteiger partial charge on any atom is -0.484 e. The lowest BCUT2D eigenvalue weighted by Gasteiger charge is -2.38. The van der Waals surface area contributed by atoms with E-state index in [0.717, 1.165) is 18.0 Å². The first-order chi connectivity index (χ1) is 9.21. The Morgan fingerprint density at radius 1 is 1.35 bits per heavy atom. The van der Waals surface area contributed by atoms with Crippen molar-refractivity contribution in [2.75, 3.05) is 18.5 Å². The van der Waals surface area contributed by atoms with Gasteiger partial charge in [-0.15, -0.1) is 0 Å². The largest absolute Gasteiger partial charge is 0.484 e. The molecule has 1 N–H and O–H groups in total. The monoisotopic (exact) mass is 293 g/mol. The Labute approximate surface area is 123 Å². The smallest absolute Gasteiger partial charge is 0.192 e. The van der Waals surface area contributed by atoms with Gasteiger partial charge in [0.1, 0.15) is 11.9 Å². The molecule has 1 atom stereocenters. The van der Waals surface area contributed by atoms with Crippen LogP contribution in [0.5, 0.6) is 5.75 Å². The molecule has 0 aliphatic carbocycles. The van der Waals surface area contributed by atoms with E-state index >= 15 is 0 Å². The summed E-state index contributed by atoms with van der Waals surface area (Å²) in [5.41, 5.74) is 2.35. The molecule has 1 aliphatic heterocycles. The van der Waals surface area contributed by atoms with Gasteiger partial charge in [0.2, 0.25) is 0 Å². The Morgan fingerprint density at radius 3 is 2.70 bits per heavy atom. The highest BCUT2D eigenvalue weighted by molar-refractivity contribution is 6.74. The number of para-hydroxylation sites is 1. The van der Waals surface area contributed by atoms with Crippen LogP contribution in [0.15, 0.2) is 18.2 Å². The van der Waals surface area contributed by atoms with Crippen molar-refractivity contribution in [3.63, 3.8) is 0 Å². The number of aryl methyl sites for hydroxylation is 1. The summed E-state index contributed by atoms with van der Waals surface area (Å²) in [4.78, 5) is 0. The van der Waals surface area contributed by atoms with Gasteiger partial charge < -0.3 is 14.5 Å². The Bertz CT molecular complexity index is 480. The highest BCUT2D eigenvalue weighted by atomic mass is 28.4. The number of nitrogens with one attached hydrogen (secondary N) is 1. The maximum atomic E-state index is 6.25. The molecule has 0 aromatic heterocycles. The van der Waals surface area contributed by atoms with Gasteiger partial charge in [-0.2, -0.15) is 0 Å². The van der Waals surface area contributed by atoms with Crippen LogP contribution in [0.3, 0.4) is 0 Å². The van der Waals surface area contributed by atoms with E-state index in [2.05, 4.69) is 52.2 Å². The molecule has 0 bridgehead atoms. The summed E-state index contributed by atoms with van der Waals surface area (Å²) in [6.07, 6.45) is 0.0958. The predicted octanol–water partition coefficient (Wildman–Crippen LogP) is 4.19. The number of ether oxygens (including phenoxy) is 1. The van der Waals surface area contributed by atoms with Crippen molar-refractivity contribution >= 4 is 14.0 Å². The average Bonchev–Trinajstić information content (AvgIpc) is 2.35. The van der Waals surface area contributed by atoms with Crippen LogP contribution in [-0.4, -0.2) is 27.6 Å². The Morgan fingerprint density at radius 2 is 2.05 bits per heavy atom. The molecule has 4 heteroatoms. The lowest BCUT2D eigenvalue weighted by molar-refractivity contribution is 0.124. The summed E-state index contributed by atoms with van der Waals surface area (Å²) >= 11 is 0. The second-order valence-corrected chi connectivity index (χ2v) is 11.9. The van der Waals surface area contributed by atoms with E-state index in [1.807, 2.05) is 12.1 Å². The fraction of sp³-hybridized carbons (Fsp3) is 0.625. The molecule has 0 fully saturated rings. The van der Waals surface area contributed by atoms with Crippen molar-refractivity contribution < 1.29 is 9.16 Å². The van der Waals surface area contributed by atoms with Crippen LogP contribution in [0.4, 0.5) is 5.69 Å². The molecule has 3 nitrogen and oxygen atoms in total. The van der Waals surface area contributed by atoms with Crippen molar-refractivity contribution in [1.29, 1.82) is 0 Å². The van der Waals surface area contributed by atoms with Crippen molar-refractivity contribution in [2.45, 2.75) is 51.9 Å². The van der Waals surface area contributed by atoms with Crippen LogP contribution in [0.2, 0.25) is 18.1 Å². The van der Waals surface area contributed by atoms with Gasteiger partial charge in [-0.3, -0.25) is 0 Å². The van der Waals surface area contributed by atoms with Crippen LogP contribution < -0.4 is 10.1 Å². The lowest BCUT2D eigenvalue weighted by atomic mass is 10.1. The first-order valence-electron chi connectivity index (χ1n) is 7.35. The quantitative estimate of drug-likeness (QED) is 0.848. The number of anilines is 1. The van der Waals surface area contributed by atoms with Crippen LogP contribution in [0.1, 0.15) is 26.3 Å². The van der Waals surface area contributed by atoms with Gasteiger partial charge >= 0.3 is 0 Å². The molecule has 1 heterocycles. The molecule has 0 saturated carbocycles. The van der Waals surface area contributed by atoms with E-state index in [1.54, 1.807) is 0 Å².